The molecule has 0 saturated heterocycles. The fourth-order valence-electron chi connectivity index (χ4n) is 2.68. The second-order valence-electron chi connectivity index (χ2n) is 6.47. The number of nitrogens with zero attached hydrogens (tertiary/aromatic N) is 2. The number of nitrogens with one attached hydrogen (secondary N) is 1. The van der Waals surface area contributed by atoms with E-state index in [-0.39, 0.29) is 11.8 Å². The van der Waals surface area contributed by atoms with Crippen LogP contribution in [0.1, 0.15) is 25.8 Å². The van der Waals surface area contributed by atoms with E-state index in [1.54, 1.807) is 6.07 Å². The lowest BCUT2D eigenvalue weighted by atomic mass is 10.0. The third kappa shape index (κ3) is 3.68. The molecule has 3 aromatic rings. The minimum Gasteiger partial charge on any atom is -0.507 e. The van der Waals surface area contributed by atoms with Gasteiger partial charge in [0.15, 0.2) is 5.82 Å². The maximum Gasteiger partial charge on any atom is 0.165 e. The largest absolute Gasteiger partial charge is 0.507 e. The van der Waals surface area contributed by atoms with Crippen molar-refractivity contribution in [3.8, 4) is 17.1 Å². The highest BCUT2D eigenvalue weighted by atomic mass is 16.3. The van der Waals surface area contributed by atoms with Crippen LogP contribution in [0.5, 0.6) is 5.75 Å². The minimum absolute atomic E-state index is 0.0484. The predicted octanol–water partition coefficient (Wildman–Crippen LogP) is 4.18. The van der Waals surface area contributed by atoms with Gasteiger partial charge in [0, 0.05) is 18.0 Å². The third-order valence-corrected chi connectivity index (χ3v) is 4.39. The molecule has 3 rings (SSSR count). The summed E-state index contributed by atoms with van der Waals surface area (Å²) in [5.41, 5.74) is 9.29. The molecule has 0 bridgehead atoms. The van der Waals surface area contributed by atoms with Crippen molar-refractivity contribution < 1.29 is 5.11 Å². The topological polar surface area (TPSA) is 84.1 Å². The number of para-hydroxylation sites is 1. The summed E-state index contributed by atoms with van der Waals surface area (Å²) in [4.78, 5) is 9.31. The predicted molar refractivity (Wildman–Crippen MR) is 108 cm³/mol. The van der Waals surface area contributed by atoms with Crippen molar-refractivity contribution in [3.05, 3.63) is 54.6 Å². The molecule has 5 heteroatoms. The van der Waals surface area contributed by atoms with Crippen LogP contribution in [-0.4, -0.2) is 27.7 Å². The zero-order valence-corrected chi connectivity index (χ0v) is 15.2. The van der Waals surface area contributed by atoms with E-state index < -0.39 is 0 Å². The molecule has 5 nitrogen and oxygen atoms in total. The molecule has 1 aromatic heterocycles. The molecule has 134 valence electrons. The van der Waals surface area contributed by atoms with E-state index in [0.29, 0.717) is 17.9 Å². The van der Waals surface area contributed by atoms with Crippen LogP contribution in [0, 0.1) is 0 Å². The molecule has 0 aliphatic carbocycles. The Morgan fingerprint density at radius 1 is 1.23 bits per heavy atom. The van der Waals surface area contributed by atoms with Gasteiger partial charge in [-0.25, -0.2) is 9.97 Å². The third-order valence-electron chi connectivity index (χ3n) is 4.39. The average Bonchev–Trinajstić information content (AvgIpc) is 2.65. The molecule has 2 aromatic carbocycles. The second-order valence-corrected chi connectivity index (χ2v) is 6.47. The Morgan fingerprint density at radius 3 is 2.73 bits per heavy atom. The molecule has 0 unspecified atom stereocenters. The number of hydrogen-bond donors (Lipinski definition) is 3. The lowest BCUT2D eigenvalue weighted by molar-refractivity contribution is 0.477. The Morgan fingerprint density at radius 2 is 2.00 bits per heavy atom. The molecule has 0 amide bonds. The van der Waals surface area contributed by atoms with E-state index in [0.717, 1.165) is 34.3 Å². The Balaban J connectivity index is 2.12. The quantitative estimate of drug-likeness (QED) is 0.622. The first-order valence-corrected chi connectivity index (χ1v) is 8.75. The molecule has 0 saturated carbocycles. The molecule has 0 fully saturated rings. The highest BCUT2D eigenvalue weighted by Crippen LogP contribution is 2.32. The van der Waals surface area contributed by atoms with Crippen LogP contribution in [0.3, 0.4) is 0 Å². The molecule has 1 heterocycles. The van der Waals surface area contributed by atoms with Crippen molar-refractivity contribution in [2.75, 3.05) is 11.9 Å². The van der Waals surface area contributed by atoms with Gasteiger partial charge in [-0.05, 0) is 43.2 Å². The fourth-order valence-corrected chi connectivity index (χ4v) is 2.68. The Kier molecular flexibility index (Phi) is 5.19. The number of nitrogens with two attached hydrogens (primary N) is 1. The van der Waals surface area contributed by atoms with Crippen molar-refractivity contribution in [3.63, 3.8) is 0 Å². The maximum atomic E-state index is 10.3. The van der Waals surface area contributed by atoms with Crippen molar-refractivity contribution in [1.82, 2.24) is 9.97 Å². The van der Waals surface area contributed by atoms with Crippen molar-refractivity contribution in [2.45, 2.75) is 26.3 Å². The molecular weight excluding hydrogens is 324 g/mol. The number of allylic oxidation sites excluding steroid dienone is 1. The summed E-state index contributed by atoms with van der Waals surface area (Å²) in [6.45, 7) is 8.57. The van der Waals surface area contributed by atoms with Gasteiger partial charge in [0.25, 0.3) is 0 Å². The van der Waals surface area contributed by atoms with Crippen LogP contribution in [0.15, 0.2) is 49.0 Å². The van der Waals surface area contributed by atoms with Gasteiger partial charge in [-0.1, -0.05) is 37.3 Å². The fraction of sp³-hybridized carbons (Fsp3) is 0.238. The molecule has 26 heavy (non-hydrogen) atoms. The van der Waals surface area contributed by atoms with E-state index in [1.165, 1.54) is 0 Å². The monoisotopic (exact) mass is 348 g/mol. The summed E-state index contributed by atoms with van der Waals surface area (Å²) < 4.78 is 0. The van der Waals surface area contributed by atoms with Gasteiger partial charge >= 0.3 is 0 Å². The van der Waals surface area contributed by atoms with Crippen molar-refractivity contribution in [2.24, 2.45) is 5.73 Å². The first kappa shape index (κ1) is 17.9. The van der Waals surface area contributed by atoms with Crippen LogP contribution in [0.25, 0.3) is 27.9 Å². The molecule has 0 radical (unpaired) electrons. The van der Waals surface area contributed by atoms with Gasteiger partial charge in [-0.15, -0.1) is 0 Å². The SMILES string of the molecule is C=C(C)c1ccc(O)c(-c2nc(NC[C@H](N)CC)c3ccccc3n2)c1. The summed E-state index contributed by atoms with van der Waals surface area (Å²) in [5, 5.41) is 14.6. The van der Waals surface area contributed by atoms with Crippen LogP contribution in [0.2, 0.25) is 0 Å². The minimum atomic E-state index is 0.0484. The van der Waals surface area contributed by atoms with Gasteiger partial charge in [0.2, 0.25) is 0 Å². The van der Waals surface area contributed by atoms with Crippen LogP contribution >= 0.6 is 0 Å². The lowest BCUT2D eigenvalue weighted by Gasteiger charge is -2.14. The van der Waals surface area contributed by atoms with Crippen molar-refractivity contribution >= 4 is 22.3 Å². The van der Waals surface area contributed by atoms with Gasteiger partial charge in [-0.3, -0.25) is 0 Å². The van der Waals surface area contributed by atoms with Crippen LogP contribution in [0.4, 0.5) is 5.82 Å². The zero-order valence-electron chi connectivity index (χ0n) is 15.2. The highest BCUT2D eigenvalue weighted by Gasteiger charge is 2.14. The van der Waals surface area contributed by atoms with Gasteiger partial charge in [-0.2, -0.15) is 0 Å². The van der Waals surface area contributed by atoms with E-state index in [2.05, 4.69) is 28.8 Å². The average molecular weight is 348 g/mol. The van der Waals surface area contributed by atoms with Crippen LogP contribution in [-0.2, 0) is 0 Å². The first-order chi connectivity index (χ1) is 12.5. The molecule has 4 N–H and O–H groups in total. The summed E-state index contributed by atoms with van der Waals surface area (Å²) in [7, 11) is 0. The number of rotatable bonds is 6. The van der Waals surface area contributed by atoms with Crippen LogP contribution < -0.4 is 11.1 Å². The zero-order chi connectivity index (χ0) is 18.7. The molecule has 0 aliphatic heterocycles. The highest BCUT2D eigenvalue weighted by molar-refractivity contribution is 5.91. The normalized spacial score (nSPS) is 12.1. The molecule has 0 spiro atoms. The summed E-state index contributed by atoms with van der Waals surface area (Å²) >= 11 is 0. The summed E-state index contributed by atoms with van der Waals surface area (Å²) in [6.07, 6.45) is 0.879. The van der Waals surface area contributed by atoms with Gasteiger partial charge < -0.3 is 16.2 Å². The number of aromatic hydroxyl groups is 1. The number of phenolic OH excluding ortho intramolecular Hbond substituents is 1. The number of fused-ring (bicyclic) bond motifs is 1. The smallest absolute Gasteiger partial charge is 0.165 e. The standard InChI is InChI=1S/C21H24N4O/c1-4-15(22)12-23-20-16-7-5-6-8-18(16)24-21(25-20)17-11-14(13(2)3)9-10-19(17)26/h5-11,15,26H,2,4,12,22H2,1,3H3,(H,23,24,25)/t15-/m1/s1. The lowest BCUT2D eigenvalue weighted by Crippen LogP contribution is -2.28. The number of hydrogen-bond acceptors (Lipinski definition) is 5. The molecule has 0 aliphatic rings. The number of aromatic nitrogens is 2. The van der Waals surface area contributed by atoms with E-state index in [9.17, 15) is 5.11 Å². The second kappa shape index (κ2) is 7.54. The molecular formula is C21H24N4O. The molecule has 1 atom stereocenters. The Bertz CT molecular complexity index is 952. The van der Waals surface area contributed by atoms with E-state index >= 15 is 0 Å². The Hall–Kier alpha value is -2.92. The summed E-state index contributed by atoms with van der Waals surface area (Å²) in [5.74, 6) is 1.33. The maximum absolute atomic E-state index is 10.3. The van der Waals surface area contributed by atoms with Gasteiger partial charge in [0.05, 0.1) is 11.1 Å². The Labute approximate surface area is 153 Å². The van der Waals surface area contributed by atoms with Gasteiger partial charge in [0.1, 0.15) is 11.6 Å². The summed E-state index contributed by atoms with van der Waals surface area (Å²) in [6, 6.07) is 13.2. The number of anilines is 1. The van der Waals surface area contributed by atoms with Crippen molar-refractivity contribution in [1.29, 1.82) is 0 Å². The number of phenols is 1. The van der Waals surface area contributed by atoms with E-state index in [4.69, 9.17) is 5.73 Å². The first-order valence-electron chi connectivity index (χ1n) is 8.75. The van der Waals surface area contributed by atoms with E-state index in [1.807, 2.05) is 43.3 Å². The number of benzene rings is 2.